The normalized spacial score (nSPS) is 11.5. The number of carbonyl (C=O) groups is 1. The van der Waals surface area contributed by atoms with Gasteiger partial charge in [-0.25, -0.2) is 0 Å². The zero-order valence-corrected chi connectivity index (χ0v) is 13.0. The number of benzene rings is 1. The van der Waals surface area contributed by atoms with Crippen LogP contribution in [-0.4, -0.2) is 27.6 Å². The zero-order valence-electron chi connectivity index (χ0n) is 13.0. The maximum absolute atomic E-state index is 10.7. The van der Waals surface area contributed by atoms with Crippen LogP contribution in [0, 0.1) is 0 Å². The van der Waals surface area contributed by atoms with Crippen LogP contribution >= 0.6 is 0 Å². The summed E-state index contributed by atoms with van der Waals surface area (Å²) >= 11 is 0. The first kappa shape index (κ1) is 16.8. The van der Waals surface area contributed by atoms with Gasteiger partial charge in [-0.05, 0) is 31.4 Å². The lowest BCUT2D eigenvalue weighted by Crippen LogP contribution is -1.98. The van der Waals surface area contributed by atoms with E-state index in [2.05, 4.69) is 0 Å². The number of methoxy groups -OCH3 is 3. The molecule has 0 N–H and O–H groups in total. The highest BCUT2D eigenvalue weighted by molar-refractivity contribution is 5.77. The monoisotopic (exact) mass is 290 g/mol. The van der Waals surface area contributed by atoms with Crippen molar-refractivity contribution in [1.82, 2.24) is 0 Å². The SMILES string of the molecule is C/C=C(C=O)/C=C/CCc1ccc(OC)c(OC)c1OC. The zero-order chi connectivity index (χ0) is 15.7. The van der Waals surface area contributed by atoms with Gasteiger partial charge in [0.2, 0.25) is 5.75 Å². The lowest BCUT2D eigenvalue weighted by Gasteiger charge is -2.15. The van der Waals surface area contributed by atoms with Crippen LogP contribution in [-0.2, 0) is 11.2 Å². The number of hydrogen-bond acceptors (Lipinski definition) is 4. The minimum absolute atomic E-state index is 0.600. The molecular formula is C17H22O4. The molecule has 0 radical (unpaired) electrons. The minimum atomic E-state index is 0.600. The van der Waals surface area contributed by atoms with E-state index in [-0.39, 0.29) is 0 Å². The number of carbonyl (C=O) groups excluding carboxylic acids is 1. The molecule has 0 heterocycles. The van der Waals surface area contributed by atoms with E-state index in [0.717, 1.165) is 24.7 Å². The van der Waals surface area contributed by atoms with Crippen molar-refractivity contribution in [1.29, 1.82) is 0 Å². The lowest BCUT2D eigenvalue weighted by atomic mass is 10.1. The van der Waals surface area contributed by atoms with Gasteiger partial charge in [-0.3, -0.25) is 4.79 Å². The summed E-state index contributed by atoms with van der Waals surface area (Å²) in [4.78, 5) is 10.7. The molecule has 1 aromatic carbocycles. The lowest BCUT2D eigenvalue weighted by molar-refractivity contribution is -0.104. The highest BCUT2D eigenvalue weighted by Crippen LogP contribution is 2.40. The Kier molecular flexibility index (Phi) is 7.09. The van der Waals surface area contributed by atoms with Crippen molar-refractivity contribution in [3.05, 3.63) is 41.5 Å². The fourth-order valence-electron chi connectivity index (χ4n) is 2.02. The first-order chi connectivity index (χ1) is 10.2. The molecule has 0 saturated heterocycles. The summed E-state index contributed by atoms with van der Waals surface area (Å²) in [6, 6.07) is 3.83. The average Bonchev–Trinajstić information content (AvgIpc) is 2.53. The second-order valence-corrected chi connectivity index (χ2v) is 4.34. The van der Waals surface area contributed by atoms with Crippen molar-refractivity contribution in [3.63, 3.8) is 0 Å². The molecule has 0 unspecified atom stereocenters. The number of ether oxygens (including phenoxy) is 3. The summed E-state index contributed by atoms with van der Waals surface area (Å²) in [6.07, 6.45) is 8.00. The van der Waals surface area contributed by atoms with Crippen LogP contribution in [0.1, 0.15) is 18.9 Å². The number of hydrogen-bond donors (Lipinski definition) is 0. The van der Waals surface area contributed by atoms with Crippen molar-refractivity contribution < 1.29 is 19.0 Å². The largest absolute Gasteiger partial charge is 0.493 e. The smallest absolute Gasteiger partial charge is 0.203 e. The molecule has 0 aliphatic carbocycles. The van der Waals surface area contributed by atoms with E-state index in [1.165, 1.54) is 0 Å². The summed E-state index contributed by atoms with van der Waals surface area (Å²) < 4.78 is 16.0. The predicted octanol–water partition coefficient (Wildman–Crippen LogP) is 3.35. The molecule has 0 fully saturated rings. The van der Waals surface area contributed by atoms with E-state index in [1.807, 2.05) is 31.2 Å². The van der Waals surface area contributed by atoms with Gasteiger partial charge in [-0.15, -0.1) is 0 Å². The second-order valence-electron chi connectivity index (χ2n) is 4.34. The predicted molar refractivity (Wildman–Crippen MR) is 83.4 cm³/mol. The van der Waals surface area contributed by atoms with E-state index >= 15 is 0 Å². The van der Waals surface area contributed by atoms with Gasteiger partial charge in [-0.1, -0.05) is 24.3 Å². The molecular weight excluding hydrogens is 268 g/mol. The fourth-order valence-corrected chi connectivity index (χ4v) is 2.02. The Hall–Kier alpha value is -2.23. The Morgan fingerprint density at radius 1 is 1.10 bits per heavy atom. The molecule has 114 valence electrons. The van der Waals surface area contributed by atoms with Crippen molar-refractivity contribution >= 4 is 6.29 Å². The van der Waals surface area contributed by atoms with Crippen molar-refractivity contribution in [3.8, 4) is 17.2 Å². The number of allylic oxidation sites excluding steroid dienone is 4. The van der Waals surface area contributed by atoms with Gasteiger partial charge >= 0.3 is 0 Å². The van der Waals surface area contributed by atoms with Gasteiger partial charge in [0, 0.05) is 5.57 Å². The van der Waals surface area contributed by atoms with Crippen LogP contribution in [0.2, 0.25) is 0 Å². The molecule has 0 aliphatic heterocycles. The third-order valence-corrected chi connectivity index (χ3v) is 3.15. The number of rotatable bonds is 8. The third-order valence-electron chi connectivity index (χ3n) is 3.15. The summed E-state index contributed by atoms with van der Waals surface area (Å²) in [5.74, 6) is 1.93. The molecule has 0 aliphatic rings. The number of aldehydes is 1. The van der Waals surface area contributed by atoms with Crippen molar-refractivity contribution in [2.75, 3.05) is 21.3 Å². The highest BCUT2D eigenvalue weighted by Gasteiger charge is 2.14. The maximum Gasteiger partial charge on any atom is 0.203 e. The van der Waals surface area contributed by atoms with E-state index in [0.29, 0.717) is 22.8 Å². The molecule has 21 heavy (non-hydrogen) atoms. The van der Waals surface area contributed by atoms with Gasteiger partial charge in [0.25, 0.3) is 0 Å². The van der Waals surface area contributed by atoms with E-state index in [1.54, 1.807) is 27.4 Å². The van der Waals surface area contributed by atoms with Crippen LogP contribution in [0.4, 0.5) is 0 Å². The molecule has 4 nitrogen and oxygen atoms in total. The molecule has 0 aromatic heterocycles. The Bertz CT molecular complexity index is 530. The Morgan fingerprint density at radius 3 is 2.33 bits per heavy atom. The van der Waals surface area contributed by atoms with Crippen LogP contribution in [0.15, 0.2) is 35.9 Å². The van der Waals surface area contributed by atoms with Crippen molar-refractivity contribution in [2.45, 2.75) is 19.8 Å². The van der Waals surface area contributed by atoms with Crippen LogP contribution < -0.4 is 14.2 Å². The fraction of sp³-hybridized carbons (Fsp3) is 0.353. The molecule has 0 atom stereocenters. The molecule has 4 heteroatoms. The summed E-state index contributed by atoms with van der Waals surface area (Å²) in [7, 11) is 4.80. The summed E-state index contributed by atoms with van der Waals surface area (Å²) in [5, 5.41) is 0. The number of aryl methyl sites for hydroxylation is 1. The Labute approximate surface area is 126 Å². The topological polar surface area (TPSA) is 44.8 Å². The summed E-state index contributed by atoms with van der Waals surface area (Å²) in [5.41, 5.74) is 1.71. The minimum Gasteiger partial charge on any atom is -0.493 e. The van der Waals surface area contributed by atoms with Crippen LogP contribution in [0.5, 0.6) is 17.2 Å². The van der Waals surface area contributed by atoms with E-state index < -0.39 is 0 Å². The molecule has 0 bridgehead atoms. The summed E-state index contributed by atoms with van der Waals surface area (Å²) in [6.45, 7) is 1.84. The Balaban J connectivity index is 2.87. The van der Waals surface area contributed by atoms with E-state index in [9.17, 15) is 4.79 Å². The van der Waals surface area contributed by atoms with Gasteiger partial charge in [-0.2, -0.15) is 0 Å². The van der Waals surface area contributed by atoms with Gasteiger partial charge < -0.3 is 14.2 Å². The van der Waals surface area contributed by atoms with Crippen LogP contribution in [0.25, 0.3) is 0 Å². The second kappa shape index (κ2) is 8.84. The third kappa shape index (κ3) is 4.38. The van der Waals surface area contributed by atoms with E-state index in [4.69, 9.17) is 14.2 Å². The first-order valence-corrected chi connectivity index (χ1v) is 6.77. The van der Waals surface area contributed by atoms with Gasteiger partial charge in [0.15, 0.2) is 11.5 Å². The quantitative estimate of drug-likeness (QED) is 0.418. The molecule has 1 rings (SSSR count). The molecule has 1 aromatic rings. The maximum atomic E-state index is 10.7. The average molecular weight is 290 g/mol. The van der Waals surface area contributed by atoms with Crippen LogP contribution in [0.3, 0.4) is 0 Å². The Morgan fingerprint density at radius 2 is 1.81 bits per heavy atom. The standard InChI is InChI=1S/C17H22O4/c1-5-13(12-18)8-6-7-9-14-10-11-15(19-2)17(21-4)16(14)20-3/h5-6,8,10-12H,7,9H2,1-4H3/b8-6+,13-5-. The van der Waals surface area contributed by atoms with Crippen molar-refractivity contribution in [2.24, 2.45) is 0 Å². The van der Waals surface area contributed by atoms with Gasteiger partial charge in [0.05, 0.1) is 21.3 Å². The molecule has 0 spiro atoms. The van der Waals surface area contributed by atoms with Gasteiger partial charge in [0.1, 0.15) is 6.29 Å². The molecule has 0 amide bonds. The highest BCUT2D eigenvalue weighted by atomic mass is 16.5. The molecule has 0 saturated carbocycles. The first-order valence-electron chi connectivity index (χ1n) is 6.77.